The van der Waals surface area contributed by atoms with Crippen LogP contribution >= 0.6 is 0 Å². The summed E-state index contributed by atoms with van der Waals surface area (Å²) in [5.74, 6) is -6.15. The molecule has 2 saturated carbocycles. The van der Waals surface area contributed by atoms with Crippen LogP contribution in [0.1, 0.15) is 123 Å². The number of fused-ring (bicyclic) bond motifs is 3. The fourth-order valence-electron chi connectivity index (χ4n) is 9.74. The highest BCUT2D eigenvalue weighted by Crippen LogP contribution is 2.67. The third kappa shape index (κ3) is 4.27. The second-order valence-electron chi connectivity index (χ2n) is 15.7. The van der Waals surface area contributed by atoms with Crippen LogP contribution in [0.25, 0.3) is 5.76 Å². The first-order chi connectivity index (χ1) is 20.8. The van der Waals surface area contributed by atoms with E-state index in [4.69, 9.17) is 0 Å². The van der Waals surface area contributed by atoms with Crippen LogP contribution in [0.3, 0.4) is 0 Å². The SMILES string of the molecule is CC(=O)C1=C(O)[C@]2(O)C(=O)C3=C(O)c4c(ccc(C(C)(C)CCCC5CCCC5)c4O)[C@@H](C)[C@]3(C)[C@@H](O)[C@]2(C)C(C(C)C)C1=O. The van der Waals surface area contributed by atoms with E-state index < -0.39 is 80.1 Å². The van der Waals surface area contributed by atoms with Crippen molar-refractivity contribution < 1.29 is 39.9 Å². The summed E-state index contributed by atoms with van der Waals surface area (Å²) in [5.41, 5.74) is -6.63. The number of Topliss-reactive ketones (excluding diaryl/α,β-unsaturated/α-hetero) is 3. The Labute approximate surface area is 266 Å². The van der Waals surface area contributed by atoms with Crippen LogP contribution in [0, 0.1) is 28.6 Å². The van der Waals surface area contributed by atoms with E-state index in [1.165, 1.54) is 32.6 Å². The first-order valence-electron chi connectivity index (χ1n) is 16.6. The Kier molecular flexibility index (Phi) is 8.01. The van der Waals surface area contributed by atoms with Gasteiger partial charge in [0.2, 0.25) is 5.78 Å². The molecule has 0 bridgehead atoms. The third-order valence-electron chi connectivity index (χ3n) is 12.5. The molecule has 5 rings (SSSR count). The van der Waals surface area contributed by atoms with Gasteiger partial charge in [0.05, 0.1) is 17.2 Å². The molecule has 0 amide bonds. The summed E-state index contributed by atoms with van der Waals surface area (Å²) < 4.78 is 0. The van der Waals surface area contributed by atoms with Crippen molar-refractivity contribution in [3.8, 4) is 5.75 Å². The van der Waals surface area contributed by atoms with E-state index >= 15 is 0 Å². The molecule has 6 atom stereocenters. The van der Waals surface area contributed by atoms with Crippen molar-refractivity contribution in [1.82, 2.24) is 0 Å². The number of aromatic hydroxyl groups is 1. The summed E-state index contributed by atoms with van der Waals surface area (Å²) in [6.07, 6.45) is 6.39. The number of carbonyl (C=O) groups excluding carboxylic acids is 3. The maximum absolute atomic E-state index is 14.7. The number of carbonyl (C=O) groups is 3. The Morgan fingerprint density at radius 1 is 1.07 bits per heavy atom. The minimum Gasteiger partial charge on any atom is -0.508 e. The number of phenols is 1. The molecular weight excluding hydrogens is 572 g/mol. The lowest BCUT2D eigenvalue weighted by Gasteiger charge is -2.63. The van der Waals surface area contributed by atoms with Crippen LogP contribution in [0.2, 0.25) is 0 Å². The summed E-state index contributed by atoms with van der Waals surface area (Å²) in [6.45, 7) is 13.4. The summed E-state index contributed by atoms with van der Waals surface area (Å²) in [5, 5.41) is 59.8. The molecule has 4 aliphatic rings. The van der Waals surface area contributed by atoms with E-state index in [0.29, 0.717) is 11.1 Å². The lowest BCUT2D eigenvalue weighted by molar-refractivity contribution is -0.215. The number of hydrogen-bond acceptors (Lipinski definition) is 8. The number of allylic oxidation sites excluding steroid dienone is 1. The molecule has 1 aromatic rings. The van der Waals surface area contributed by atoms with E-state index in [1.54, 1.807) is 27.7 Å². The van der Waals surface area contributed by atoms with Crippen molar-refractivity contribution >= 4 is 23.1 Å². The van der Waals surface area contributed by atoms with E-state index in [9.17, 15) is 39.9 Å². The molecule has 8 nitrogen and oxygen atoms in total. The number of phenolic OH excluding ortho intramolecular Hbond substituents is 1. The van der Waals surface area contributed by atoms with Crippen LogP contribution in [0.15, 0.2) is 29.0 Å². The normalized spacial score (nSPS) is 33.9. The van der Waals surface area contributed by atoms with Crippen LogP contribution in [0.5, 0.6) is 5.75 Å². The van der Waals surface area contributed by atoms with Gasteiger partial charge < -0.3 is 25.5 Å². The topological polar surface area (TPSA) is 152 Å². The van der Waals surface area contributed by atoms with Crippen molar-refractivity contribution in [3.05, 3.63) is 45.7 Å². The van der Waals surface area contributed by atoms with Crippen LogP contribution in [0.4, 0.5) is 0 Å². The predicted molar refractivity (Wildman–Crippen MR) is 171 cm³/mol. The summed E-state index contributed by atoms with van der Waals surface area (Å²) in [4.78, 5) is 41.0. The third-order valence-corrected chi connectivity index (χ3v) is 12.5. The monoisotopic (exact) mass is 622 g/mol. The van der Waals surface area contributed by atoms with Crippen molar-refractivity contribution in [2.75, 3.05) is 0 Å². The molecule has 0 aromatic heterocycles. The molecule has 1 aromatic carbocycles. The zero-order valence-corrected chi connectivity index (χ0v) is 28.0. The number of hydrogen-bond donors (Lipinski definition) is 5. The number of benzene rings is 1. The van der Waals surface area contributed by atoms with Gasteiger partial charge >= 0.3 is 0 Å². The van der Waals surface area contributed by atoms with Crippen molar-refractivity contribution in [3.63, 3.8) is 0 Å². The van der Waals surface area contributed by atoms with Crippen molar-refractivity contribution in [1.29, 1.82) is 0 Å². The first kappa shape index (κ1) is 33.4. The highest BCUT2D eigenvalue weighted by Gasteiger charge is 2.77. The van der Waals surface area contributed by atoms with E-state index in [1.807, 2.05) is 26.0 Å². The average Bonchev–Trinajstić information content (AvgIpc) is 3.46. The van der Waals surface area contributed by atoms with Gasteiger partial charge in [-0.25, -0.2) is 0 Å². The molecule has 2 fully saturated rings. The van der Waals surface area contributed by atoms with Gasteiger partial charge in [0, 0.05) is 22.3 Å². The number of aliphatic hydroxyl groups is 4. The van der Waals surface area contributed by atoms with Gasteiger partial charge in [0.25, 0.3) is 0 Å². The Morgan fingerprint density at radius 3 is 2.22 bits per heavy atom. The quantitative estimate of drug-likeness (QED) is 0.220. The largest absolute Gasteiger partial charge is 0.508 e. The molecule has 0 aliphatic heterocycles. The fraction of sp³-hybridized carbons (Fsp3) is 0.649. The predicted octanol–water partition coefficient (Wildman–Crippen LogP) is 6.36. The molecule has 0 spiro atoms. The minimum atomic E-state index is -2.89. The smallest absolute Gasteiger partial charge is 0.203 e. The van der Waals surface area contributed by atoms with E-state index in [2.05, 4.69) is 0 Å². The molecular formula is C37H50O8. The molecule has 0 saturated heterocycles. The highest BCUT2D eigenvalue weighted by atomic mass is 16.4. The van der Waals surface area contributed by atoms with Gasteiger partial charge in [-0.05, 0) is 42.1 Å². The van der Waals surface area contributed by atoms with E-state index in [-0.39, 0.29) is 16.9 Å². The van der Waals surface area contributed by atoms with Gasteiger partial charge in [-0.1, -0.05) is 99.1 Å². The standard InChI is InChI=1S/C37H50O8/c1-18(2)26-29(40)24(20(4)38)31(42)37(45)32(43)27-30(41)25-22(19(3)35(27,7)33(44)36(26,37)8)15-16-23(28(25)39)34(5,6)17-11-14-21-12-9-10-13-21/h15-16,18-19,21,26,33,39,41-42,44-45H,9-14,17H2,1-8H3/t19-,26?,33-,35+,36+,37+/m1/s1. The van der Waals surface area contributed by atoms with Gasteiger partial charge in [0.1, 0.15) is 22.8 Å². The fourth-order valence-corrected chi connectivity index (χ4v) is 9.74. The molecule has 45 heavy (non-hydrogen) atoms. The van der Waals surface area contributed by atoms with Crippen LogP contribution in [-0.2, 0) is 19.8 Å². The average molecular weight is 623 g/mol. The molecule has 5 N–H and O–H groups in total. The lowest BCUT2D eigenvalue weighted by atomic mass is 9.40. The second kappa shape index (κ2) is 10.8. The first-order valence-corrected chi connectivity index (χ1v) is 16.6. The van der Waals surface area contributed by atoms with Gasteiger partial charge in [0.15, 0.2) is 17.2 Å². The number of aliphatic hydroxyl groups excluding tert-OH is 3. The van der Waals surface area contributed by atoms with Crippen molar-refractivity contribution in [2.24, 2.45) is 28.6 Å². The molecule has 0 heterocycles. The Bertz CT molecular complexity index is 1520. The van der Waals surface area contributed by atoms with Gasteiger partial charge in [-0.2, -0.15) is 0 Å². The van der Waals surface area contributed by atoms with Crippen LogP contribution < -0.4 is 0 Å². The van der Waals surface area contributed by atoms with Gasteiger partial charge in [-0.3, -0.25) is 14.4 Å². The molecule has 0 radical (unpaired) electrons. The highest BCUT2D eigenvalue weighted by molar-refractivity contribution is 6.24. The maximum Gasteiger partial charge on any atom is 0.203 e. The summed E-state index contributed by atoms with van der Waals surface area (Å²) in [7, 11) is 0. The summed E-state index contributed by atoms with van der Waals surface area (Å²) in [6, 6.07) is 3.68. The van der Waals surface area contributed by atoms with Crippen LogP contribution in [-0.4, -0.2) is 54.6 Å². The number of rotatable bonds is 7. The zero-order chi connectivity index (χ0) is 33.6. The van der Waals surface area contributed by atoms with E-state index in [0.717, 1.165) is 32.1 Å². The number of ketones is 3. The molecule has 1 unspecified atom stereocenters. The van der Waals surface area contributed by atoms with Crippen molar-refractivity contribution in [2.45, 2.75) is 123 Å². The lowest BCUT2D eigenvalue weighted by Crippen LogP contribution is -2.75. The summed E-state index contributed by atoms with van der Waals surface area (Å²) >= 11 is 0. The Balaban J connectivity index is 1.70. The molecule has 8 heteroatoms. The molecule has 246 valence electrons. The maximum atomic E-state index is 14.7. The molecule has 4 aliphatic carbocycles. The zero-order valence-electron chi connectivity index (χ0n) is 28.0. The Morgan fingerprint density at radius 2 is 1.67 bits per heavy atom. The minimum absolute atomic E-state index is 0.0617. The van der Waals surface area contributed by atoms with Gasteiger partial charge in [-0.15, -0.1) is 0 Å². The second-order valence-corrected chi connectivity index (χ2v) is 15.7. The Hall–Kier alpha value is -2.97.